The van der Waals surface area contributed by atoms with Crippen LogP contribution in [0.5, 0.6) is 0 Å². The van der Waals surface area contributed by atoms with E-state index in [-0.39, 0.29) is 18.3 Å². The second-order valence-corrected chi connectivity index (χ2v) is 7.87. The maximum atomic E-state index is 13.8. The van der Waals surface area contributed by atoms with Crippen LogP contribution in [0, 0.1) is 5.82 Å². The Kier molecular flexibility index (Phi) is 6.00. The van der Waals surface area contributed by atoms with Crippen molar-refractivity contribution in [2.24, 2.45) is 0 Å². The van der Waals surface area contributed by atoms with E-state index in [4.69, 9.17) is 0 Å². The predicted octanol–water partition coefficient (Wildman–Crippen LogP) is 2.95. The molecule has 2 fully saturated rings. The minimum absolute atomic E-state index is 0.0784. The van der Waals surface area contributed by atoms with Gasteiger partial charge in [-0.2, -0.15) is 0 Å². The smallest absolute Gasteiger partial charge is 0.276 e. The number of amides is 1. The molecule has 7 heteroatoms. The number of rotatable bonds is 4. The molecule has 6 nitrogen and oxygen atoms in total. The van der Waals surface area contributed by atoms with E-state index in [0.29, 0.717) is 17.3 Å². The van der Waals surface area contributed by atoms with Crippen LogP contribution in [0.25, 0.3) is 0 Å². The van der Waals surface area contributed by atoms with Gasteiger partial charge in [0, 0.05) is 37.8 Å². The molecule has 0 radical (unpaired) electrons. The molecular weight excluding hydrogens is 357 g/mol. The van der Waals surface area contributed by atoms with Crippen LogP contribution in [-0.4, -0.2) is 62.9 Å². The Bertz CT molecular complexity index is 802. The molecule has 150 valence electrons. The summed E-state index contributed by atoms with van der Waals surface area (Å²) < 4.78 is 15.4. The number of aromatic nitrogens is 3. The largest absolute Gasteiger partial charge is 0.336 e. The molecule has 1 aromatic heterocycles. The lowest BCUT2D eigenvalue weighted by atomic mass is 9.94. The number of carbonyl (C=O) groups is 1. The third kappa shape index (κ3) is 4.41. The Hall–Kier alpha value is -2.28. The Balaban J connectivity index is 1.36. The van der Waals surface area contributed by atoms with Crippen molar-refractivity contribution >= 4 is 5.91 Å². The van der Waals surface area contributed by atoms with Gasteiger partial charge >= 0.3 is 0 Å². The molecule has 1 amide bonds. The van der Waals surface area contributed by atoms with Gasteiger partial charge in [-0.3, -0.25) is 9.69 Å². The molecule has 1 aliphatic carbocycles. The lowest BCUT2D eigenvalue weighted by Gasteiger charge is -2.33. The average Bonchev–Trinajstić information content (AvgIpc) is 3.05. The number of nitrogens with zero attached hydrogens (tertiary/aromatic N) is 5. The summed E-state index contributed by atoms with van der Waals surface area (Å²) in [6, 6.07) is 7.27. The topological polar surface area (TPSA) is 54.3 Å². The quantitative estimate of drug-likeness (QED) is 0.812. The van der Waals surface area contributed by atoms with E-state index in [1.165, 1.54) is 42.9 Å². The first-order valence-corrected chi connectivity index (χ1v) is 10.4. The third-order valence-corrected chi connectivity index (χ3v) is 5.96. The van der Waals surface area contributed by atoms with Crippen molar-refractivity contribution in [3.8, 4) is 0 Å². The van der Waals surface area contributed by atoms with E-state index in [9.17, 15) is 9.18 Å². The van der Waals surface area contributed by atoms with Gasteiger partial charge in [-0.15, -0.1) is 5.10 Å². The second kappa shape index (κ2) is 8.82. The highest BCUT2D eigenvalue weighted by atomic mass is 19.1. The van der Waals surface area contributed by atoms with Gasteiger partial charge in [-0.05, 0) is 25.3 Å². The Morgan fingerprint density at radius 2 is 1.86 bits per heavy atom. The number of hydrogen-bond donors (Lipinski definition) is 0. The first-order valence-electron chi connectivity index (χ1n) is 10.4. The summed E-state index contributed by atoms with van der Waals surface area (Å²) in [5.74, 6) is -0.355. The van der Waals surface area contributed by atoms with Gasteiger partial charge in [0.2, 0.25) is 0 Å². The van der Waals surface area contributed by atoms with Gasteiger partial charge in [0.1, 0.15) is 5.82 Å². The molecule has 0 unspecified atom stereocenters. The highest BCUT2D eigenvalue weighted by Gasteiger charge is 2.26. The monoisotopic (exact) mass is 385 g/mol. The summed E-state index contributed by atoms with van der Waals surface area (Å²) in [6.07, 6.45) is 9.21. The minimum Gasteiger partial charge on any atom is -0.336 e. The molecule has 2 aromatic rings. The normalized spacial score (nSPS) is 19.5. The number of benzene rings is 1. The zero-order valence-electron chi connectivity index (χ0n) is 16.3. The fraction of sp³-hybridized carbons (Fsp3) is 0.571. The van der Waals surface area contributed by atoms with Crippen LogP contribution in [0.15, 0.2) is 30.5 Å². The van der Waals surface area contributed by atoms with Crippen molar-refractivity contribution < 1.29 is 9.18 Å². The number of halogens is 1. The number of hydrogen-bond acceptors (Lipinski definition) is 4. The zero-order valence-corrected chi connectivity index (χ0v) is 16.3. The molecule has 1 aliphatic heterocycles. The van der Waals surface area contributed by atoms with Gasteiger partial charge in [-0.25, -0.2) is 9.07 Å². The summed E-state index contributed by atoms with van der Waals surface area (Å²) in [6.45, 7) is 3.74. The van der Waals surface area contributed by atoms with Crippen LogP contribution in [0.3, 0.4) is 0 Å². The average molecular weight is 385 g/mol. The number of carbonyl (C=O) groups excluding carboxylic acids is 1. The van der Waals surface area contributed by atoms with Crippen molar-refractivity contribution in [3.05, 3.63) is 47.5 Å². The van der Waals surface area contributed by atoms with Crippen LogP contribution in [0.4, 0.5) is 4.39 Å². The van der Waals surface area contributed by atoms with Gasteiger partial charge in [0.05, 0.1) is 12.7 Å². The predicted molar refractivity (Wildman–Crippen MR) is 104 cm³/mol. The summed E-state index contributed by atoms with van der Waals surface area (Å²) in [5.41, 5.74) is 0.867. The molecule has 28 heavy (non-hydrogen) atoms. The van der Waals surface area contributed by atoms with E-state index in [0.717, 1.165) is 32.6 Å². The molecule has 0 atom stereocenters. The van der Waals surface area contributed by atoms with E-state index in [2.05, 4.69) is 15.2 Å². The van der Waals surface area contributed by atoms with Crippen molar-refractivity contribution in [1.82, 2.24) is 24.8 Å². The van der Waals surface area contributed by atoms with E-state index >= 15 is 0 Å². The fourth-order valence-corrected chi connectivity index (χ4v) is 4.39. The lowest BCUT2D eigenvalue weighted by molar-refractivity contribution is 0.0749. The molecular formula is C21H28FN5O. The Morgan fingerprint density at radius 3 is 2.68 bits per heavy atom. The van der Waals surface area contributed by atoms with Crippen LogP contribution < -0.4 is 0 Å². The van der Waals surface area contributed by atoms with Crippen molar-refractivity contribution in [2.75, 3.05) is 26.2 Å². The fourth-order valence-electron chi connectivity index (χ4n) is 4.39. The Morgan fingerprint density at radius 1 is 1.04 bits per heavy atom. The first kappa shape index (κ1) is 19.1. The molecule has 2 heterocycles. The summed E-state index contributed by atoms with van der Waals surface area (Å²) in [7, 11) is 0. The second-order valence-electron chi connectivity index (χ2n) is 7.87. The van der Waals surface area contributed by atoms with Crippen LogP contribution in [0.1, 0.15) is 54.6 Å². The van der Waals surface area contributed by atoms with Crippen LogP contribution in [-0.2, 0) is 6.54 Å². The zero-order chi connectivity index (χ0) is 19.3. The molecule has 0 N–H and O–H groups in total. The third-order valence-electron chi connectivity index (χ3n) is 5.96. The summed E-state index contributed by atoms with van der Waals surface area (Å²) in [4.78, 5) is 17.3. The van der Waals surface area contributed by atoms with Gasteiger partial charge in [-0.1, -0.05) is 42.7 Å². The molecule has 1 saturated heterocycles. The summed E-state index contributed by atoms with van der Waals surface area (Å²) in [5, 5.41) is 8.06. The van der Waals surface area contributed by atoms with Crippen molar-refractivity contribution in [2.45, 2.75) is 51.1 Å². The van der Waals surface area contributed by atoms with Crippen LogP contribution in [0.2, 0.25) is 0 Å². The maximum absolute atomic E-state index is 13.8. The van der Waals surface area contributed by atoms with Crippen molar-refractivity contribution in [3.63, 3.8) is 0 Å². The SMILES string of the molecule is O=C(c1cn(Cc2ccccc2F)nn1)N1CCCN(C2CCCCC2)CC1. The van der Waals surface area contributed by atoms with Gasteiger partial charge in [0.25, 0.3) is 5.91 Å². The highest BCUT2D eigenvalue weighted by molar-refractivity contribution is 5.91. The molecule has 1 saturated carbocycles. The van der Waals surface area contributed by atoms with E-state index < -0.39 is 0 Å². The van der Waals surface area contributed by atoms with Crippen molar-refractivity contribution in [1.29, 1.82) is 0 Å². The van der Waals surface area contributed by atoms with E-state index in [1.54, 1.807) is 24.4 Å². The lowest BCUT2D eigenvalue weighted by Crippen LogP contribution is -2.40. The maximum Gasteiger partial charge on any atom is 0.276 e. The Labute approximate surface area is 165 Å². The molecule has 1 aromatic carbocycles. The first-order chi connectivity index (χ1) is 13.7. The minimum atomic E-state index is -0.277. The molecule has 4 rings (SSSR count). The summed E-state index contributed by atoms with van der Waals surface area (Å²) >= 11 is 0. The molecule has 0 spiro atoms. The van der Waals surface area contributed by atoms with Gasteiger partial charge in [0.15, 0.2) is 5.69 Å². The van der Waals surface area contributed by atoms with Crippen LogP contribution >= 0.6 is 0 Å². The molecule has 0 bridgehead atoms. The standard InChI is InChI=1S/C21H28FN5O/c22-19-10-5-4-7-17(19)15-27-16-20(23-24-27)21(28)26-12-6-11-25(13-14-26)18-8-2-1-3-9-18/h4-5,7,10,16,18H,1-3,6,8-9,11-15H2. The highest BCUT2D eigenvalue weighted by Crippen LogP contribution is 2.23. The molecule has 2 aliphatic rings. The van der Waals surface area contributed by atoms with Gasteiger partial charge < -0.3 is 4.90 Å². The van der Waals surface area contributed by atoms with E-state index in [1.807, 2.05) is 4.90 Å².